The number of nitrogens with zero attached hydrogens (tertiary/aromatic N) is 2. The van der Waals surface area contributed by atoms with Crippen LogP contribution in [0.2, 0.25) is 0 Å². The van der Waals surface area contributed by atoms with Crippen LogP contribution in [0.4, 0.5) is 5.69 Å². The first-order valence-electron chi connectivity index (χ1n) is 6.31. The summed E-state index contributed by atoms with van der Waals surface area (Å²) in [4.78, 5) is 14.2. The molecule has 18 heavy (non-hydrogen) atoms. The summed E-state index contributed by atoms with van der Waals surface area (Å²) in [5.74, 6) is 0.130. The molecule has 0 bridgehead atoms. The van der Waals surface area contributed by atoms with Gasteiger partial charge < -0.3 is 10.6 Å². The Balaban J connectivity index is 2.24. The van der Waals surface area contributed by atoms with Gasteiger partial charge in [0.25, 0.3) is 5.91 Å². The average Bonchev–Trinajstić information content (AvgIpc) is 3.08. The molecule has 5 heteroatoms. The molecule has 2 rings (SSSR count). The summed E-state index contributed by atoms with van der Waals surface area (Å²) in [6, 6.07) is 0.328. The molecule has 5 nitrogen and oxygen atoms in total. The highest BCUT2D eigenvalue weighted by Crippen LogP contribution is 2.30. The summed E-state index contributed by atoms with van der Waals surface area (Å²) >= 11 is 0. The second-order valence-corrected chi connectivity index (χ2v) is 5.03. The second kappa shape index (κ2) is 4.84. The summed E-state index contributed by atoms with van der Waals surface area (Å²) in [5.41, 5.74) is 7.64. The van der Waals surface area contributed by atoms with Gasteiger partial charge in [0, 0.05) is 12.6 Å². The van der Waals surface area contributed by atoms with E-state index >= 15 is 0 Å². The van der Waals surface area contributed by atoms with Crippen LogP contribution < -0.4 is 5.73 Å². The molecule has 0 spiro atoms. The summed E-state index contributed by atoms with van der Waals surface area (Å²) in [6.45, 7) is 8.27. The fourth-order valence-electron chi connectivity index (χ4n) is 2.03. The van der Waals surface area contributed by atoms with Gasteiger partial charge >= 0.3 is 0 Å². The Morgan fingerprint density at radius 2 is 2.33 bits per heavy atom. The number of nitrogens with one attached hydrogen (secondary N) is 1. The van der Waals surface area contributed by atoms with Crippen LogP contribution in [-0.4, -0.2) is 33.6 Å². The van der Waals surface area contributed by atoms with Crippen molar-refractivity contribution in [2.75, 3.05) is 12.3 Å². The Hall–Kier alpha value is -1.78. The van der Waals surface area contributed by atoms with E-state index in [0.29, 0.717) is 24.0 Å². The molecule has 1 saturated carbocycles. The zero-order valence-electron chi connectivity index (χ0n) is 10.9. The van der Waals surface area contributed by atoms with Gasteiger partial charge in [-0.05, 0) is 18.8 Å². The van der Waals surface area contributed by atoms with Crippen molar-refractivity contribution in [2.24, 2.45) is 0 Å². The molecule has 1 fully saturated rings. The van der Waals surface area contributed by atoms with Gasteiger partial charge in [0.05, 0.1) is 11.4 Å². The molecular formula is C13H20N4O. The Morgan fingerprint density at radius 3 is 2.78 bits per heavy atom. The van der Waals surface area contributed by atoms with Crippen molar-refractivity contribution in [3.05, 3.63) is 24.0 Å². The average molecular weight is 248 g/mol. The number of aromatic nitrogens is 2. The van der Waals surface area contributed by atoms with Crippen LogP contribution in [0.25, 0.3) is 0 Å². The third kappa shape index (κ3) is 2.25. The molecule has 3 N–H and O–H groups in total. The molecule has 0 radical (unpaired) electrons. The van der Waals surface area contributed by atoms with Gasteiger partial charge in [0.1, 0.15) is 0 Å². The number of H-pyrrole nitrogens is 1. The predicted octanol–water partition coefficient (Wildman–Crippen LogP) is 1.91. The fourth-order valence-corrected chi connectivity index (χ4v) is 2.03. The number of rotatable bonds is 5. The van der Waals surface area contributed by atoms with Crippen molar-refractivity contribution >= 4 is 11.6 Å². The number of carbonyl (C=O) groups excluding carboxylic acids is 1. The van der Waals surface area contributed by atoms with E-state index in [1.165, 1.54) is 0 Å². The quantitative estimate of drug-likeness (QED) is 0.781. The second-order valence-electron chi connectivity index (χ2n) is 5.03. The zero-order valence-corrected chi connectivity index (χ0v) is 10.9. The normalized spacial score (nSPS) is 14.8. The van der Waals surface area contributed by atoms with E-state index in [-0.39, 0.29) is 11.8 Å². The van der Waals surface area contributed by atoms with E-state index in [1.54, 1.807) is 11.0 Å². The highest BCUT2D eigenvalue weighted by molar-refractivity contribution is 5.98. The molecule has 0 unspecified atom stereocenters. The van der Waals surface area contributed by atoms with Crippen molar-refractivity contribution in [1.29, 1.82) is 0 Å². The zero-order chi connectivity index (χ0) is 13.3. The number of nitrogen functional groups attached to an aromatic ring is 1. The summed E-state index contributed by atoms with van der Waals surface area (Å²) in [7, 11) is 0. The van der Waals surface area contributed by atoms with Crippen molar-refractivity contribution in [2.45, 2.75) is 38.6 Å². The lowest BCUT2D eigenvalue weighted by atomic mass is 10.1. The van der Waals surface area contributed by atoms with Crippen molar-refractivity contribution in [1.82, 2.24) is 15.1 Å². The Morgan fingerprint density at radius 1 is 1.67 bits per heavy atom. The van der Waals surface area contributed by atoms with Gasteiger partial charge in [0.15, 0.2) is 5.69 Å². The largest absolute Gasteiger partial charge is 0.395 e. The summed E-state index contributed by atoms with van der Waals surface area (Å²) in [6.07, 6.45) is 3.85. The molecule has 0 aromatic carbocycles. The third-order valence-electron chi connectivity index (χ3n) is 3.19. The maximum absolute atomic E-state index is 12.4. The van der Waals surface area contributed by atoms with Crippen LogP contribution in [0.5, 0.6) is 0 Å². The molecule has 1 aliphatic rings. The highest BCUT2D eigenvalue weighted by Gasteiger charge is 2.34. The van der Waals surface area contributed by atoms with Gasteiger partial charge in [-0.3, -0.25) is 9.89 Å². The molecule has 1 aromatic rings. The fraction of sp³-hybridized carbons (Fsp3) is 0.538. The number of aromatic amines is 1. The van der Waals surface area contributed by atoms with E-state index in [4.69, 9.17) is 5.73 Å². The number of hydrogen-bond donors (Lipinski definition) is 2. The van der Waals surface area contributed by atoms with Crippen LogP contribution in [-0.2, 0) is 0 Å². The number of carbonyl (C=O) groups is 1. The first kappa shape index (κ1) is 12.7. The van der Waals surface area contributed by atoms with Crippen LogP contribution in [0.3, 0.4) is 0 Å². The molecule has 0 aliphatic heterocycles. The molecule has 0 saturated heterocycles. The minimum absolute atomic E-state index is 0.0990. The Bertz CT molecular complexity index is 460. The van der Waals surface area contributed by atoms with Crippen molar-refractivity contribution in [3.8, 4) is 0 Å². The monoisotopic (exact) mass is 248 g/mol. The number of amides is 1. The van der Waals surface area contributed by atoms with Crippen molar-refractivity contribution in [3.63, 3.8) is 0 Å². The van der Waals surface area contributed by atoms with Crippen LogP contribution >= 0.6 is 0 Å². The van der Waals surface area contributed by atoms with E-state index in [9.17, 15) is 4.79 Å². The molecule has 1 amide bonds. The predicted molar refractivity (Wildman–Crippen MR) is 71.3 cm³/mol. The van der Waals surface area contributed by atoms with Crippen LogP contribution in [0.1, 0.15) is 48.8 Å². The minimum Gasteiger partial charge on any atom is -0.395 e. The van der Waals surface area contributed by atoms with Gasteiger partial charge in [-0.25, -0.2) is 0 Å². The maximum Gasteiger partial charge on any atom is 0.277 e. The molecule has 98 valence electrons. The summed E-state index contributed by atoms with van der Waals surface area (Å²) in [5, 5.41) is 6.94. The first-order chi connectivity index (χ1) is 8.56. The van der Waals surface area contributed by atoms with Crippen molar-refractivity contribution < 1.29 is 4.79 Å². The SMILES string of the molecule is C=CCN(C(=O)c1n[nH]c(C(C)C)c1N)C1CC1. The highest BCUT2D eigenvalue weighted by atomic mass is 16.2. The molecule has 0 atom stereocenters. The van der Waals surface area contributed by atoms with Crippen LogP contribution in [0, 0.1) is 0 Å². The molecule has 1 heterocycles. The van der Waals surface area contributed by atoms with Gasteiger partial charge in [-0.1, -0.05) is 19.9 Å². The summed E-state index contributed by atoms with van der Waals surface area (Å²) < 4.78 is 0. The smallest absolute Gasteiger partial charge is 0.277 e. The van der Waals surface area contributed by atoms with E-state index < -0.39 is 0 Å². The van der Waals surface area contributed by atoms with E-state index in [1.807, 2.05) is 13.8 Å². The lowest BCUT2D eigenvalue weighted by molar-refractivity contribution is 0.0758. The first-order valence-corrected chi connectivity index (χ1v) is 6.31. The Kier molecular flexibility index (Phi) is 3.41. The standard InChI is InChI=1S/C13H20N4O/c1-4-7-17(9-5-6-9)13(18)12-10(14)11(8(2)3)15-16-12/h4,8-9H,1,5-7,14H2,2-3H3,(H,15,16). The minimum atomic E-state index is -0.0990. The van der Waals surface area contributed by atoms with Crippen LogP contribution in [0.15, 0.2) is 12.7 Å². The number of hydrogen-bond acceptors (Lipinski definition) is 3. The molecule has 1 aromatic heterocycles. The number of anilines is 1. The molecular weight excluding hydrogens is 228 g/mol. The number of nitrogens with two attached hydrogens (primary N) is 1. The van der Waals surface area contributed by atoms with E-state index in [0.717, 1.165) is 18.5 Å². The van der Waals surface area contributed by atoms with E-state index in [2.05, 4.69) is 16.8 Å². The Labute approximate surface area is 107 Å². The third-order valence-corrected chi connectivity index (χ3v) is 3.19. The van der Waals surface area contributed by atoms with Gasteiger partial charge in [-0.2, -0.15) is 5.10 Å². The lowest BCUT2D eigenvalue weighted by Crippen LogP contribution is -2.33. The maximum atomic E-state index is 12.4. The van der Waals surface area contributed by atoms with Gasteiger partial charge in [-0.15, -0.1) is 6.58 Å². The van der Waals surface area contributed by atoms with Gasteiger partial charge in [0.2, 0.25) is 0 Å². The lowest BCUT2D eigenvalue weighted by Gasteiger charge is -2.19. The topological polar surface area (TPSA) is 75.0 Å². The molecule has 1 aliphatic carbocycles.